The molecule has 0 amide bonds. The first kappa shape index (κ1) is 21.1. The van der Waals surface area contributed by atoms with Crippen LogP contribution in [0.3, 0.4) is 0 Å². The number of alkyl halides is 3. The summed E-state index contributed by atoms with van der Waals surface area (Å²) < 4.78 is 105. The zero-order valence-electron chi connectivity index (χ0n) is 14.7. The van der Waals surface area contributed by atoms with Gasteiger partial charge in [0, 0.05) is 18.2 Å². The molecule has 0 saturated carbocycles. The van der Waals surface area contributed by atoms with Crippen molar-refractivity contribution in [2.45, 2.75) is 6.18 Å². The quantitative estimate of drug-likeness (QED) is 0.391. The zero-order valence-corrected chi connectivity index (χ0v) is 14.7. The number of nitrogen functional groups attached to an aromatic ring is 2. The molecule has 3 aromatic rings. The van der Waals surface area contributed by atoms with Gasteiger partial charge >= 0.3 is 6.18 Å². The van der Waals surface area contributed by atoms with Gasteiger partial charge in [-0.3, -0.25) is 0 Å². The number of nitrogens with two attached hydrogens (primary N) is 2. The molecule has 30 heavy (non-hydrogen) atoms. The van der Waals surface area contributed by atoms with Gasteiger partial charge in [0.15, 0.2) is 11.6 Å². The fraction of sp³-hybridized carbons (Fsp3) is 0.0526. The first-order valence-corrected chi connectivity index (χ1v) is 8.02. The van der Waals surface area contributed by atoms with Gasteiger partial charge in [0.05, 0.1) is 11.4 Å². The van der Waals surface area contributed by atoms with Crippen LogP contribution in [0.2, 0.25) is 0 Å². The van der Waals surface area contributed by atoms with Gasteiger partial charge in [-0.15, -0.1) is 0 Å². The maximum atomic E-state index is 14.3. The lowest BCUT2D eigenvalue weighted by Gasteiger charge is -2.17. The lowest BCUT2D eigenvalue weighted by molar-refractivity contribution is -0.141. The van der Waals surface area contributed by atoms with E-state index in [0.29, 0.717) is 6.07 Å². The highest BCUT2D eigenvalue weighted by atomic mass is 19.4. The predicted molar refractivity (Wildman–Crippen MR) is 93.1 cm³/mol. The average molecular weight is 432 g/mol. The molecule has 0 aromatic heterocycles. The number of halogens is 7. The number of hydrogen-bond donors (Lipinski definition) is 2. The number of anilines is 2. The molecule has 0 unspecified atom stereocenters. The van der Waals surface area contributed by atoms with E-state index in [1.165, 1.54) is 0 Å². The van der Waals surface area contributed by atoms with E-state index in [1.807, 2.05) is 0 Å². The highest BCUT2D eigenvalue weighted by Crippen LogP contribution is 2.44. The van der Waals surface area contributed by atoms with E-state index < -0.39 is 57.9 Å². The molecule has 0 fully saturated rings. The molecule has 0 radical (unpaired) electrons. The monoisotopic (exact) mass is 432 g/mol. The Morgan fingerprint density at radius 2 is 1.10 bits per heavy atom. The molecule has 0 heterocycles. The molecular weight excluding hydrogens is 421 g/mol. The molecule has 11 heteroatoms. The van der Waals surface area contributed by atoms with Crippen molar-refractivity contribution in [1.29, 1.82) is 0 Å². The third kappa shape index (κ3) is 4.19. The van der Waals surface area contributed by atoms with Gasteiger partial charge in [-0.2, -0.15) is 17.6 Å². The Kier molecular flexibility index (Phi) is 5.38. The fourth-order valence-corrected chi connectivity index (χ4v) is 2.42. The molecule has 0 aliphatic rings. The Balaban J connectivity index is 2.10. The van der Waals surface area contributed by atoms with Crippen LogP contribution in [0, 0.1) is 23.3 Å². The summed E-state index contributed by atoms with van der Waals surface area (Å²) in [6.07, 6.45) is -5.34. The van der Waals surface area contributed by atoms with E-state index >= 15 is 0 Å². The summed E-state index contributed by atoms with van der Waals surface area (Å²) in [6.45, 7) is 0. The molecule has 3 aromatic carbocycles. The summed E-state index contributed by atoms with van der Waals surface area (Å²) >= 11 is 0. The Hall–Kier alpha value is -3.63. The summed E-state index contributed by atoms with van der Waals surface area (Å²) in [7, 11) is 0. The van der Waals surface area contributed by atoms with Gasteiger partial charge in [-0.05, 0) is 24.3 Å². The van der Waals surface area contributed by atoms with Crippen molar-refractivity contribution in [1.82, 2.24) is 0 Å². The average Bonchev–Trinajstić information content (AvgIpc) is 2.64. The van der Waals surface area contributed by atoms with Crippen LogP contribution < -0.4 is 20.9 Å². The van der Waals surface area contributed by atoms with E-state index in [1.54, 1.807) is 0 Å². The van der Waals surface area contributed by atoms with Crippen molar-refractivity contribution in [3.63, 3.8) is 0 Å². The molecule has 158 valence electrons. The molecule has 0 aliphatic heterocycles. The Bertz CT molecular complexity index is 1120. The third-order valence-electron chi connectivity index (χ3n) is 3.81. The van der Waals surface area contributed by atoms with E-state index in [4.69, 9.17) is 20.9 Å². The molecular formula is C19H11F7N2O2. The molecule has 0 spiro atoms. The lowest BCUT2D eigenvalue weighted by Crippen LogP contribution is -2.12. The minimum absolute atomic E-state index is 0.274. The molecule has 4 nitrogen and oxygen atoms in total. The number of rotatable bonds is 4. The first-order valence-electron chi connectivity index (χ1n) is 8.02. The molecule has 0 atom stereocenters. The van der Waals surface area contributed by atoms with Crippen LogP contribution in [0.5, 0.6) is 23.0 Å². The molecule has 0 saturated heterocycles. The van der Waals surface area contributed by atoms with Crippen LogP contribution in [0.15, 0.2) is 42.5 Å². The third-order valence-corrected chi connectivity index (χ3v) is 3.81. The molecule has 0 aliphatic carbocycles. The van der Waals surface area contributed by atoms with Crippen molar-refractivity contribution in [3.8, 4) is 23.0 Å². The molecule has 4 N–H and O–H groups in total. The fourth-order valence-electron chi connectivity index (χ4n) is 2.42. The summed E-state index contributed by atoms with van der Waals surface area (Å²) in [6, 6.07) is 5.85. The van der Waals surface area contributed by atoms with Crippen LogP contribution in [-0.4, -0.2) is 0 Å². The number of hydrogen-bond acceptors (Lipinski definition) is 4. The second-order valence-corrected chi connectivity index (χ2v) is 5.94. The Labute approximate surface area is 164 Å². The summed E-state index contributed by atoms with van der Waals surface area (Å²) in [4.78, 5) is 0. The largest absolute Gasteiger partial charge is 0.456 e. The van der Waals surface area contributed by atoms with Crippen LogP contribution >= 0.6 is 0 Å². The number of ether oxygens (including phenoxy) is 2. The van der Waals surface area contributed by atoms with E-state index in [-0.39, 0.29) is 11.5 Å². The smallest absolute Gasteiger partial charge is 0.422 e. The van der Waals surface area contributed by atoms with Crippen molar-refractivity contribution >= 4 is 11.4 Å². The van der Waals surface area contributed by atoms with Crippen molar-refractivity contribution in [3.05, 3.63) is 71.3 Å². The second-order valence-electron chi connectivity index (χ2n) is 5.94. The molecule has 0 bridgehead atoms. The maximum absolute atomic E-state index is 14.3. The minimum atomic E-state index is -5.34. The molecule has 3 rings (SSSR count). The zero-order chi connectivity index (χ0) is 22.2. The standard InChI is InChI=1S/C19H11F7N2O2/c20-10-3-1-8(5-12(10)27)29-14-7-15(17(22)18(23)16(14)19(24,25)26)30-9-2-4-11(21)13(28)6-9/h1-7H,27-28H2. The first-order chi connectivity index (χ1) is 14.0. The second kappa shape index (κ2) is 7.65. The topological polar surface area (TPSA) is 70.5 Å². The van der Waals surface area contributed by atoms with Crippen LogP contribution in [0.25, 0.3) is 0 Å². The van der Waals surface area contributed by atoms with E-state index in [2.05, 4.69) is 0 Å². The SMILES string of the molecule is Nc1cc(Oc2cc(Oc3ccc(F)c(N)c3)c(C(F)(F)F)c(F)c2F)ccc1F. The van der Waals surface area contributed by atoms with Crippen LogP contribution in [0.4, 0.5) is 42.1 Å². The van der Waals surface area contributed by atoms with Gasteiger partial charge < -0.3 is 20.9 Å². The van der Waals surface area contributed by atoms with Gasteiger partial charge in [0.2, 0.25) is 5.82 Å². The Morgan fingerprint density at radius 3 is 1.53 bits per heavy atom. The van der Waals surface area contributed by atoms with Crippen molar-refractivity contribution in [2.24, 2.45) is 0 Å². The van der Waals surface area contributed by atoms with Gasteiger partial charge in [-0.1, -0.05) is 0 Å². The minimum Gasteiger partial charge on any atom is -0.456 e. The number of benzene rings is 3. The predicted octanol–water partition coefficient (Wildman–Crippen LogP) is 6.01. The maximum Gasteiger partial charge on any atom is 0.422 e. The van der Waals surface area contributed by atoms with Crippen LogP contribution in [0.1, 0.15) is 5.56 Å². The summed E-state index contributed by atoms with van der Waals surface area (Å²) in [5.41, 5.74) is 7.79. The van der Waals surface area contributed by atoms with Gasteiger partial charge in [0.1, 0.15) is 34.4 Å². The van der Waals surface area contributed by atoms with Crippen LogP contribution in [-0.2, 0) is 6.18 Å². The van der Waals surface area contributed by atoms with E-state index in [0.717, 1.165) is 36.4 Å². The summed E-state index contributed by atoms with van der Waals surface area (Å²) in [5, 5.41) is 0. The highest BCUT2D eigenvalue weighted by Gasteiger charge is 2.41. The van der Waals surface area contributed by atoms with Crippen molar-refractivity contribution < 1.29 is 40.2 Å². The van der Waals surface area contributed by atoms with E-state index in [9.17, 15) is 30.7 Å². The van der Waals surface area contributed by atoms with Gasteiger partial charge in [0.25, 0.3) is 0 Å². The van der Waals surface area contributed by atoms with Gasteiger partial charge in [-0.25, -0.2) is 13.2 Å². The normalized spacial score (nSPS) is 11.4. The lowest BCUT2D eigenvalue weighted by atomic mass is 10.1. The highest BCUT2D eigenvalue weighted by molar-refractivity contribution is 5.52. The Morgan fingerprint density at radius 1 is 0.633 bits per heavy atom. The van der Waals surface area contributed by atoms with Crippen molar-refractivity contribution in [2.75, 3.05) is 11.5 Å². The summed E-state index contributed by atoms with van der Waals surface area (Å²) in [5.74, 6) is -8.74.